The summed E-state index contributed by atoms with van der Waals surface area (Å²) in [5.74, 6) is 0.608. The molecule has 152 valence electrons. The van der Waals surface area contributed by atoms with Gasteiger partial charge in [0.25, 0.3) is 0 Å². The summed E-state index contributed by atoms with van der Waals surface area (Å²) in [4.78, 5) is 33.6. The van der Waals surface area contributed by atoms with E-state index >= 15 is 0 Å². The molecule has 1 unspecified atom stereocenters. The van der Waals surface area contributed by atoms with Crippen molar-refractivity contribution in [3.05, 3.63) is 59.2 Å². The van der Waals surface area contributed by atoms with Crippen LogP contribution in [-0.4, -0.2) is 59.3 Å². The third kappa shape index (κ3) is 4.60. The minimum Gasteiger partial charge on any atom is -0.342 e. The van der Waals surface area contributed by atoms with E-state index in [0.717, 1.165) is 38.9 Å². The number of aromatic nitrogens is 1. The lowest BCUT2D eigenvalue weighted by atomic mass is 9.85. The van der Waals surface area contributed by atoms with E-state index in [0.29, 0.717) is 17.4 Å². The molecule has 6 nitrogen and oxygen atoms in total. The molecule has 4 rings (SSSR count). The van der Waals surface area contributed by atoms with Gasteiger partial charge in [0.2, 0.25) is 11.8 Å². The summed E-state index contributed by atoms with van der Waals surface area (Å²) >= 11 is 5.82. The molecule has 1 aromatic carbocycles. The molecule has 0 aliphatic carbocycles. The van der Waals surface area contributed by atoms with E-state index in [-0.39, 0.29) is 23.8 Å². The average molecular weight is 413 g/mol. The van der Waals surface area contributed by atoms with Crippen LogP contribution >= 0.6 is 11.6 Å². The molecule has 0 bridgehead atoms. The van der Waals surface area contributed by atoms with Crippen LogP contribution < -0.4 is 5.32 Å². The third-order valence-electron chi connectivity index (χ3n) is 5.91. The fraction of sp³-hybridized carbons (Fsp3) is 0.409. The number of halogens is 1. The van der Waals surface area contributed by atoms with Gasteiger partial charge >= 0.3 is 0 Å². The number of hydrogen-bond donors (Lipinski definition) is 1. The molecule has 1 spiro atoms. The molecular weight excluding hydrogens is 388 g/mol. The Bertz CT molecular complexity index is 874. The number of carbonyl (C=O) groups excluding carboxylic acids is 2. The molecule has 0 saturated carbocycles. The highest BCUT2D eigenvalue weighted by atomic mass is 35.5. The summed E-state index contributed by atoms with van der Waals surface area (Å²) in [5.41, 5.74) is 0.928. The molecule has 7 heteroatoms. The fourth-order valence-corrected chi connectivity index (χ4v) is 4.43. The topological polar surface area (TPSA) is 65.5 Å². The van der Waals surface area contributed by atoms with Crippen molar-refractivity contribution in [2.45, 2.75) is 19.3 Å². The van der Waals surface area contributed by atoms with Crippen molar-refractivity contribution in [1.82, 2.24) is 14.8 Å². The molecule has 2 aliphatic rings. The van der Waals surface area contributed by atoms with Gasteiger partial charge in [0, 0.05) is 25.8 Å². The first kappa shape index (κ1) is 19.9. The largest absolute Gasteiger partial charge is 0.342 e. The second kappa shape index (κ2) is 8.51. The molecule has 3 heterocycles. The Morgan fingerprint density at radius 2 is 1.93 bits per heavy atom. The third-order valence-corrected chi connectivity index (χ3v) is 6.13. The van der Waals surface area contributed by atoms with E-state index in [9.17, 15) is 9.59 Å². The smallest absolute Gasteiger partial charge is 0.239 e. The monoisotopic (exact) mass is 412 g/mol. The van der Waals surface area contributed by atoms with Crippen molar-refractivity contribution < 1.29 is 9.59 Å². The van der Waals surface area contributed by atoms with Crippen molar-refractivity contribution in [2.24, 2.45) is 5.41 Å². The van der Waals surface area contributed by atoms with Crippen LogP contribution in [0.4, 0.5) is 5.82 Å². The van der Waals surface area contributed by atoms with Crippen LogP contribution in [0.15, 0.2) is 48.7 Å². The summed E-state index contributed by atoms with van der Waals surface area (Å²) in [5, 5.41) is 3.32. The summed E-state index contributed by atoms with van der Waals surface area (Å²) in [6, 6.07) is 13.6. The van der Waals surface area contributed by atoms with Crippen LogP contribution in [0.5, 0.6) is 0 Å². The van der Waals surface area contributed by atoms with Crippen molar-refractivity contribution in [3.63, 3.8) is 0 Å². The zero-order chi connectivity index (χ0) is 20.3. The first-order chi connectivity index (χ1) is 14.0. The Labute approximate surface area is 175 Å². The minimum atomic E-state index is -0.324. The van der Waals surface area contributed by atoms with Crippen LogP contribution in [0.2, 0.25) is 5.02 Å². The number of rotatable bonds is 6. The summed E-state index contributed by atoms with van der Waals surface area (Å²) in [6.07, 6.45) is 4.07. The zero-order valence-corrected chi connectivity index (χ0v) is 17.1. The maximum absolute atomic E-state index is 13.1. The normalized spacial score (nSPS) is 21.8. The molecule has 2 aliphatic heterocycles. The van der Waals surface area contributed by atoms with Gasteiger partial charge in [-0.15, -0.1) is 0 Å². The Balaban J connectivity index is 1.28. The standard InChI is InChI=1S/C22H25ClN4O2/c23-18-6-7-19(24-14-18)25-20(28)15-26-12-9-22(16-26)10-13-27(21(22)29)11-8-17-4-2-1-3-5-17/h1-7,14H,8-13,15-16H2,(H,24,25,28). The number of nitrogens with one attached hydrogen (secondary N) is 1. The van der Waals surface area contributed by atoms with Crippen LogP contribution in [0.1, 0.15) is 18.4 Å². The van der Waals surface area contributed by atoms with Gasteiger partial charge in [0.15, 0.2) is 0 Å². The van der Waals surface area contributed by atoms with Crippen molar-refractivity contribution in [2.75, 3.05) is 38.0 Å². The maximum Gasteiger partial charge on any atom is 0.239 e. The summed E-state index contributed by atoms with van der Waals surface area (Å²) in [7, 11) is 0. The van der Waals surface area contributed by atoms with E-state index in [1.165, 1.54) is 11.8 Å². The highest BCUT2D eigenvalue weighted by Crippen LogP contribution is 2.40. The second-order valence-electron chi connectivity index (χ2n) is 7.93. The van der Waals surface area contributed by atoms with E-state index in [4.69, 9.17) is 11.6 Å². The number of carbonyl (C=O) groups is 2. The van der Waals surface area contributed by atoms with Gasteiger partial charge in [0.1, 0.15) is 5.82 Å². The van der Waals surface area contributed by atoms with Gasteiger partial charge in [-0.1, -0.05) is 41.9 Å². The van der Waals surface area contributed by atoms with Crippen LogP contribution in [0, 0.1) is 5.41 Å². The molecule has 1 N–H and O–H groups in total. The number of pyridine rings is 1. The second-order valence-corrected chi connectivity index (χ2v) is 8.37. The summed E-state index contributed by atoms with van der Waals surface area (Å²) in [6.45, 7) is 3.24. The van der Waals surface area contributed by atoms with E-state index in [1.807, 2.05) is 23.1 Å². The maximum atomic E-state index is 13.1. The Morgan fingerprint density at radius 1 is 1.14 bits per heavy atom. The molecule has 2 aromatic rings. The lowest BCUT2D eigenvalue weighted by Crippen LogP contribution is -2.39. The number of hydrogen-bond acceptors (Lipinski definition) is 4. The molecule has 2 amide bonds. The van der Waals surface area contributed by atoms with Gasteiger partial charge < -0.3 is 10.2 Å². The van der Waals surface area contributed by atoms with Gasteiger partial charge in [-0.05, 0) is 43.5 Å². The number of amides is 2. The molecule has 1 aromatic heterocycles. The predicted molar refractivity (Wildman–Crippen MR) is 113 cm³/mol. The summed E-state index contributed by atoms with van der Waals surface area (Å²) < 4.78 is 0. The fourth-order valence-electron chi connectivity index (χ4n) is 4.32. The van der Waals surface area contributed by atoms with Crippen molar-refractivity contribution >= 4 is 29.2 Å². The number of nitrogens with zero attached hydrogens (tertiary/aromatic N) is 3. The van der Waals surface area contributed by atoms with Gasteiger partial charge in [-0.2, -0.15) is 0 Å². The van der Waals surface area contributed by atoms with Gasteiger partial charge in [-0.3, -0.25) is 14.5 Å². The predicted octanol–water partition coefficient (Wildman–Crippen LogP) is 2.84. The lowest BCUT2D eigenvalue weighted by Gasteiger charge is -2.23. The quantitative estimate of drug-likeness (QED) is 0.792. The number of anilines is 1. The number of likely N-dealkylation sites (tertiary alicyclic amines) is 2. The van der Waals surface area contributed by atoms with E-state index in [1.54, 1.807) is 12.1 Å². The highest BCUT2D eigenvalue weighted by molar-refractivity contribution is 6.30. The Kier molecular flexibility index (Phi) is 5.83. The highest BCUT2D eigenvalue weighted by Gasteiger charge is 2.50. The van der Waals surface area contributed by atoms with E-state index < -0.39 is 0 Å². The Hall–Kier alpha value is -2.44. The molecule has 1 atom stereocenters. The van der Waals surface area contributed by atoms with Crippen LogP contribution in [-0.2, 0) is 16.0 Å². The molecular formula is C22H25ClN4O2. The van der Waals surface area contributed by atoms with Gasteiger partial charge in [0.05, 0.1) is 17.0 Å². The van der Waals surface area contributed by atoms with Crippen LogP contribution in [0.3, 0.4) is 0 Å². The molecule has 2 saturated heterocycles. The first-order valence-corrected chi connectivity index (χ1v) is 10.4. The Morgan fingerprint density at radius 3 is 2.69 bits per heavy atom. The molecule has 2 fully saturated rings. The average Bonchev–Trinajstić information content (AvgIpc) is 3.27. The lowest BCUT2D eigenvalue weighted by molar-refractivity contribution is -0.135. The van der Waals surface area contributed by atoms with Crippen molar-refractivity contribution in [3.8, 4) is 0 Å². The van der Waals surface area contributed by atoms with Gasteiger partial charge in [-0.25, -0.2) is 4.98 Å². The van der Waals surface area contributed by atoms with Crippen molar-refractivity contribution in [1.29, 1.82) is 0 Å². The zero-order valence-electron chi connectivity index (χ0n) is 16.3. The first-order valence-electron chi connectivity index (χ1n) is 10.0. The van der Waals surface area contributed by atoms with E-state index in [2.05, 4.69) is 27.3 Å². The van der Waals surface area contributed by atoms with Crippen LogP contribution in [0.25, 0.3) is 0 Å². The SMILES string of the molecule is O=C(CN1CCC2(CCN(CCc3ccccc3)C2=O)C1)Nc1ccc(Cl)cn1. The molecule has 29 heavy (non-hydrogen) atoms. The molecule has 0 radical (unpaired) electrons. The number of benzene rings is 1. The minimum absolute atomic E-state index is 0.122.